The fourth-order valence-electron chi connectivity index (χ4n) is 1.65. The van der Waals surface area contributed by atoms with E-state index in [9.17, 15) is 15.0 Å². The molecule has 1 saturated heterocycles. The highest BCUT2D eigenvalue weighted by Crippen LogP contribution is 2.27. The maximum atomic E-state index is 11.5. The van der Waals surface area contributed by atoms with E-state index in [0.29, 0.717) is 0 Å². The second-order valence-corrected chi connectivity index (χ2v) is 4.00. The van der Waals surface area contributed by atoms with Crippen LogP contribution >= 0.6 is 12.2 Å². The Morgan fingerprint density at radius 1 is 1.53 bits per heavy atom. The molecule has 0 amide bonds. The van der Waals surface area contributed by atoms with Crippen molar-refractivity contribution in [1.29, 1.82) is 0 Å². The minimum absolute atomic E-state index is 0.0120. The summed E-state index contributed by atoms with van der Waals surface area (Å²) < 4.78 is 6.14. The van der Waals surface area contributed by atoms with Crippen LogP contribution in [0.25, 0.3) is 0 Å². The average Bonchev–Trinajstić information content (AvgIpc) is 2.57. The number of aromatic nitrogens is 3. The summed E-state index contributed by atoms with van der Waals surface area (Å²) in [6, 6.07) is 0. The third kappa shape index (κ3) is 2.15. The summed E-state index contributed by atoms with van der Waals surface area (Å²) in [7, 11) is 0. The Morgan fingerprint density at radius 3 is 2.76 bits per heavy atom. The van der Waals surface area contributed by atoms with Gasteiger partial charge >= 0.3 is 5.69 Å². The Balaban J connectivity index is 2.35. The third-order valence-corrected chi connectivity index (χ3v) is 2.75. The van der Waals surface area contributed by atoms with Crippen LogP contribution < -0.4 is 5.69 Å². The molecule has 4 N–H and O–H groups in total. The van der Waals surface area contributed by atoms with Crippen molar-refractivity contribution in [3.63, 3.8) is 0 Å². The first kappa shape index (κ1) is 12.3. The quantitative estimate of drug-likeness (QED) is 0.450. The van der Waals surface area contributed by atoms with Gasteiger partial charge in [0.1, 0.15) is 24.6 Å². The maximum Gasteiger partial charge on any atom is 0.331 e. The first-order valence-electron chi connectivity index (χ1n) is 4.84. The van der Waals surface area contributed by atoms with Crippen molar-refractivity contribution < 1.29 is 20.1 Å². The first-order valence-corrected chi connectivity index (χ1v) is 5.25. The zero-order valence-electron chi connectivity index (χ0n) is 8.55. The second-order valence-electron chi connectivity index (χ2n) is 3.62. The molecule has 2 unspecified atom stereocenters. The summed E-state index contributed by atoms with van der Waals surface area (Å²) in [5, 5.41) is 28.1. The largest absolute Gasteiger partial charge is 0.394 e. The van der Waals surface area contributed by atoms with Crippen molar-refractivity contribution in [1.82, 2.24) is 14.5 Å². The maximum absolute atomic E-state index is 11.5. The molecular weight excluding hydrogens is 250 g/mol. The minimum Gasteiger partial charge on any atom is -0.394 e. The van der Waals surface area contributed by atoms with E-state index in [2.05, 4.69) is 22.2 Å². The lowest BCUT2D eigenvalue weighted by Gasteiger charge is -2.16. The SMILES string of the molecule is O=c1[nH]c(=S)ncn1[C@H]1O[C@@H](CO)C(O)C1O. The molecule has 1 aromatic rings. The van der Waals surface area contributed by atoms with Gasteiger partial charge in [0.15, 0.2) is 6.23 Å². The van der Waals surface area contributed by atoms with Crippen molar-refractivity contribution in [3.05, 3.63) is 21.6 Å². The first-order chi connectivity index (χ1) is 8.04. The number of aromatic amines is 1. The summed E-state index contributed by atoms with van der Waals surface area (Å²) in [5.74, 6) is 0. The van der Waals surface area contributed by atoms with Crippen LogP contribution in [0.4, 0.5) is 0 Å². The predicted octanol–water partition coefficient (Wildman–Crippen LogP) is -2.09. The lowest BCUT2D eigenvalue weighted by atomic mass is 10.1. The number of aliphatic hydroxyl groups excluding tert-OH is 3. The molecule has 0 radical (unpaired) electrons. The normalized spacial score (nSPS) is 32.9. The van der Waals surface area contributed by atoms with Crippen molar-refractivity contribution in [2.24, 2.45) is 0 Å². The van der Waals surface area contributed by atoms with Gasteiger partial charge in [-0.15, -0.1) is 0 Å². The van der Waals surface area contributed by atoms with Crippen LogP contribution in [-0.4, -0.2) is 54.8 Å². The van der Waals surface area contributed by atoms with Gasteiger partial charge in [-0.1, -0.05) is 0 Å². The molecule has 9 heteroatoms. The average molecular weight is 261 g/mol. The number of hydrogen-bond donors (Lipinski definition) is 4. The monoisotopic (exact) mass is 261 g/mol. The molecule has 17 heavy (non-hydrogen) atoms. The van der Waals surface area contributed by atoms with Crippen LogP contribution in [0.15, 0.2) is 11.1 Å². The van der Waals surface area contributed by atoms with Crippen LogP contribution in [0.5, 0.6) is 0 Å². The van der Waals surface area contributed by atoms with Crippen molar-refractivity contribution >= 4 is 12.2 Å². The fraction of sp³-hybridized carbons (Fsp3) is 0.625. The Morgan fingerprint density at radius 2 is 2.24 bits per heavy atom. The molecule has 1 aliphatic rings. The number of nitrogens with zero attached hydrogens (tertiary/aromatic N) is 2. The molecule has 0 spiro atoms. The second kappa shape index (κ2) is 4.63. The van der Waals surface area contributed by atoms with Gasteiger partial charge in [0.2, 0.25) is 4.77 Å². The molecule has 1 aromatic heterocycles. The van der Waals surface area contributed by atoms with Gasteiger partial charge in [-0.3, -0.25) is 9.55 Å². The summed E-state index contributed by atoms with van der Waals surface area (Å²) in [6.45, 7) is -0.459. The lowest BCUT2D eigenvalue weighted by molar-refractivity contribution is -0.0555. The van der Waals surface area contributed by atoms with Crippen LogP contribution in [0.3, 0.4) is 0 Å². The molecule has 0 bridgehead atoms. The minimum atomic E-state index is -1.32. The molecule has 4 atom stereocenters. The smallest absolute Gasteiger partial charge is 0.331 e. The summed E-state index contributed by atoms with van der Waals surface area (Å²) >= 11 is 4.66. The van der Waals surface area contributed by atoms with E-state index in [1.807, 2.05) is 0 Å². The zero-order chi connectivity index (χ0) is 12.6. The number of H-pyrrole nitrogens is 1. The highest BCUT2D eigenvalue weighted by atomic mass is 32.1. The van der Waals surface area contributed by atoms with Crippen molar-refractivity contribution in [2.75, 3.05) is 6.61 Å². The Bertz CT molecular complexity index is 514. The molecule has 1 aliphatic heterocycles. The lowest BCUT2D eigenvalue weighted by Crippen LogP contribution is -2.36. The van der Waals surface area contributed by atoms with E-state index < -0.39 is 36.8 Å². The molecule has 1 fully saturated rings. The van der Waals surface area contributed by atoms with Crippen LogP contribution in [0.2, 0.25) is 0 Å². The van der Waals surface area contributed by atoms with Gasteiger partial charge in [-0.2, -0.15) is 0 Å². The van der Waals surface area contributed by atoms with E-state index in [4.69, 9.17) is 9.84 Å². The molecule has 8 nitrogen and oxygen atoms in total. The summed E-state index contributed by atoms with van der Waals surface area (Å²) in [4.78, 5) is 17.5. The fourth-order valence-corrected chi connectivity index (χ4v) is 1.78. The Kier molecular flexibility index (Phi) is 3.35. The third-order valence-electron chi connectivity index (χ3n) is 2.54. The van der Waals surface area contributed by atoms with E-state index in [0.717, 1.165) is 10.9 Å². The number of ether oxygens (including phenoxy) is 1. The number of aliphatic hydroxyl groups is 3. The van der Waals surface area contributed by atoms with Crippen LogP contribution in [0.1, 0.15) is 6.23 Å². The van der Waals surface area contributed by atoms with E-state index in [1.165, 1.54) is 0 Å². The molecule has 94 valence electrons. The molecule has 2 rings (SSSR count). The standard InChI is InChI=1S/C8H11N3O5S/c12-1-3-4(13)5(14)6(16-3)11-2-9-7(17)10-8(11)15/h2-6,12-14H,1H2,(H,10,15,17)/t3-,4?,5?,6-/m0/s1. The molecule has 0 aliphatic carbocycles. The number of rotatable bonds is 2. The van der Waals surface area contributed by atoms with E-state index in [1.54, 1.807) is 0 Å². The van der Waals surface area contributed by atoms with Gasteiger partial charge in [-0.05, 0) is 12.2 Å². The van der Waals surface area contributed by atoms with Gasteiger partial charge in [-0.25, -0.2) is 9.78 Å². The van der Waals surface area contributed by atoms with Gasteiger partial charge in [0.05, 0.1) is 6.61 Å². The number of nitrogens with one attached hydrogen (secondary N) is 1. The van der Waals surface area contributed by atoms with Crippen molar-refractivity contribution in [3.8, 4) is 0 Å². The zero-order valence-corrected chi connectivity index (χ0v) is 9.37. The number of hydrogen-bond acceptors (Lipinski definition) is 7. The van der Waals surface area contributed by atoms with E-state index in [-0.39, 0.29) is 4.77 Å². The molecule has 0 aromatic carbocycles. The van der Waals surface area contributed by atoms with Crippen LogP contribution in [-0.2, 0) is 4.74 Å². The molecule has 0 saturated carbocycles. The summed E-state index contributed by atoms with van der Waals surface area (Å²) in [6.07, 6.45) is -3.52. The predicted molar refractivity (Wildman–Crippen MR) is 56.7 cm³/mol. The van der Waals surface area contributed by atoms with Gasteiger partial charge in [0, 0.05) is 0 Å². The Hall–Kier alpha value is -1.13. The van der Waals surface area contributed by atoms with Crippen molar-refractivity contribution in [2.45, 2.75) is 24.5 Å². The van der Waals surface area contributed by atoms with Crippen LogP contribution in [0, 0.1) is 4.77 Å². The summed E-state index contributed by atoms with van der Waals surface area (Å²) in [5.41, 5.74) is -0.611. The highest BCUT2D eigenvalue weighted by molar-refractivity contribution is 7.71. The Labute approximate surface area is 100 Å². The topological polar surface area (TPSA) is 121 Å². The van der Waals surface area contributed by atoms with E-state index >= 15 is 0 Å². The molecular formula is C8H11N3O5S. The van der Waals surface area contributed by atoms with Gasteiger partial charge < -0.3 is 20.1 Å². The van der Waals surface area contributed by atoms with Gasteiger partial charge in [0.25, 0.3) is 0 Å². The molecule has 2 heterocycles. The highest BCUT2D eigenvalue weighted by Gasteiger charge is 2.43.